The topological polar surface area (TPSA) is 72.9 Å². The van der Waals surface area contributed by atoms with E-state index < -0.39 is 23.2 Å². The van der Waals surface area contributed by atoms with Crippen molar-refractivity contribution in [1.29, 1.82) is 0 Å². The molecule has 3 aliphatic rings. The Balaban J connectivity index is 1.57. The van der Waals surface area contributed by atoms with Crippen molar-refractivity contribution in [2.24, 2.45) is 5.41 Å². The van der Waals surface area contributed by atoms with E-state index in [4.69, 9.17) is 9.57 Å². The van der Waals surface area contributed by atoms with Crippen LogP contribution in [-0.4, -0.2) is 35.1 Å². The van der Waals surface area contributed by atoms with Gasteiger partial charge in [0.05, 0.1) is 28.7 Å². The van der Waals surface area contributed by atoms with Crippen LogP contribution in [0.25, 0.3) is 0 Å². The SMILES string of the molecule is CC12CCC(C(=O)ON3C(=O)c4ccccc4C3=O)(CO1)C2. The van der Waals surface area contributed by atoms with E-state index in [0.717, 1.165) is 6.42 Å². The molecule has 2 fully saturated rings. The number of nitrogens with zero attached hydrogens (tertiary/aromatic N) is 1. The van der Waals surface area contributed by atoms with Crippen LogP contribution in [0.2, 0.25) is 0 Å². The zero-order valence-electron chi connectivity index (χ0n) is 12.1. The molecule has 2 heterocycles. The van der Waals surface area contributed by atoms with Crippen LogP contribution in [0.4, 0.5) is 0 Å². The maximum absolute atomic E-state index is 12.5. The molecular formula is C16H15NO5. The molecule has 6 heteroatoms. The molecule has 6 nitrogen and oxygen atoms in total. The van der Waals surface area contributed by atoms with Gasteiger partial charge >= 0.3 is 5.97 Å². The van der Waals surface area contributed by atoms with E-state index >= 15 is 0 Å². The third kappa shape index (κ3) is 1.67. The summed E-state index contributed by atoms with van der Waals surface area (Å²) in [4.78, 5) is 42.1. The van der Waals surface area contributed by atoms with Crippen molar-refractivity contribution in [3.8, 4) is 0 Å². The number of hydrogen-bond acceptors (Lipinski definition) is 5. The number of imide groups is 1. The molecule has 1 saturated carbocycles. The average Bonchev–Trinajstić information content (AvgIpc) is 3.12. The summed E-state index contributed by atoms with van der Waals surface area (Å²) < 4.78 is 5.65. The van der Waals surface area contributed by atoms with Crippen molar-refractivity contribution in [2.75, 3.05) is 6.61 Å². The average molecular weight is 301 g/mol. The van der Waals surface area contributed by atoms with Crippen molar-refractivity contribution in [3.63, 3.8) is 0 Å². The van der Waals surface area contributed by atoms with Crippen LogP contribution in [0.3, 0.4) is 0 Å². The third-order valence-corrected chi connectivity index (χ3v) is 4.91. The summed E-state index contributed by atoms with van der Waals surface area (Å²) in [5.74, 6) is -1.74. The second-order valence-electron chi connectivity index (χ2n) is 6.52. The van der Waals surface area contributed by atoms with Crippen LogP contribution < -0.4 is 0 Å². The molecule has 2 aliphatic heterocycles. The highest BCUT2D eigenvalue weighted by atomic mass is 16.7. The molecule has 1 aromatic rings. The number of ether oxygens (including phenoxy) is 1. The van der Waals surface area contributed by atoms with E-state index in [9.17, 15) is 14.4 Å². The Hall–Kier alpha value is -2.21. The Morgan fingerprint density at radius 3 is 2.27 bits per heavy atom. The number of rotatable bonds is 2. The lowest BCUT2D eigenvalue weighted by atomic mass is 9.88. The van der Waals surface area contributed by atoms with Crippen LogP contribution in [-0.2, 0) is 14.4 Å². The highest BCUT2D eigenvalue weighted by molar-refractivity contribution is 6.20. The van der Waals surface area contributed by atoms with E-state index in [-0.39, 0.29) is 23.3 Å². The fraction of sp³-hybridized carbons (Fsp3) is 0.438. The van der Waals surface area contributed by atoms with Gasteiger partial charge in [-0.15, -0.1) is 0 Å². The van der Waals surface area contributed by atoms with Gasteiger partial charge < -0.3 is 9.57 Å². The van der Waals surface area contributed by atoms with Crippen molar-refractivity contribution < 1.29 is 24.0 Å². The number of hydroxylamine groups is 2. The van der Waals surface area contributed by atoms with Crippen LogP contribution >= 0.6 is 0 Å². The van der Waals surface area contributed by atoms with Gasteiger partial charge in [0.25, 0.3) is 11.8 Å². The van der Waals surface area contributed by atoms with Gasteiger partial charge in [-0.25, -0.2) is 4.79 Å². The second kappa shape index (κ2) is 4.16. The Kier molecular flexibility index (Phi) is 2.55. The lowest BCUT2D eigenvalue weighted by Gasteiger charge is -2.25. The summed E-state index contributed by atoms with van der Waals surface area (Å²) in [7, 11) is 0. The van der Waals surface area contributed by atoms with E-state index in [1.807, 2.05) is 6.92 Å². The first-order valence-corrected chi connectivity index (χ1v) is 7.28. The minimum absolute atomic E-state index is 0.261. The molecule has 4 rings (SSSR count). The number of benzene rings is 1. The Labute approximate surface area is 126 Å². The Bertz CT molecular complexity index is 667. The summed E-state index contributed by atoms with van der Waals surface area (Å²) >= 11 is 0. The second-order valence-corrected chi connectivity index (χ2v) is 6.52. The lowest BCUT2D eigenvalue weighted by molar-refractivity contribution is -0.182. The summed E-state index contributed by atoms with van der Waals surface area (Å²) in [6.45, 7) is 2.25. The van der Waals surface area contributed by atoms with Gasteiger partial charge in [-0.05, 0) is 38.3 Å². The molecule has 2 amide bonds. The molecule has 0 N–H and O–H groups in total. The molecule has 2 bridgehead atoms. The van der Waals surface area contributed by atoms with E-state index in [1.54, 1.807) is 24.3 Å². The molecule has 1 aliphatic carbocycles. The highest BCUT2D eigenvalue weighted by Gasteiger charge is 2.59. The van der Waals surface area contributed by atoms with Crippen LogP contribution in [0.15, 0.2) is 24.3 Å². The molecule has 2 unspecified atom stereocenters. The maximum atomic E-state index is 12.5. The molecule has 0 spiro atoms. The van der Waals surface area contributed by atoms with Gasteiger partial charge in [0.2, 0.25) is 0 Å². The number of hydrogen-bond donors (Lipinski definition) is 0. The number of fused-ring (bicyclic) bond motifs is 3. The summed E-state index contributed by atoms with van der Waals surface area (Å²) in [6.07, 6.45) is 2.01. The van der Waals surface area contributed by atoms with Crippen molar-refractivity contribution in [1.82, 2.24) is 5.06 Å². The fourth-order valence-corrected chi connectivity index (χ4v) is 3.62. The van der Waals surface area contributed by atoms with Gasteiger partial charge in [0.1, 0.15) is 0 Å². The van der Waals surface area contributed by atoms with E-state index in [2.05, 4.69) is 0 Å². The molecule has 1 aromatic carbocycles. The minimum atomic E-state index is -0.732. The molecule has 114 valence electrons. The molecular weight excluding hydrogens is 286 g/mol. The predicted octanol–water partition coefficient (Wildman–Crippen LogP) is 1.70. The first-order valence-electron chi connectivity index (χ1n) is 7.28. The standard InChI is InChI=1S/C16H15NO5/c1-15-6-7-16(8-15,9-21-15)14(20)22-17-12(18)10-4-2-3-5-11(10)13(17)19/h2-5H,6-9H2,1H3. The smallest absolute Gasteiger partial charge is 0.341 e. The molecule has 2 atom stereocenters. The lowest BCUT2D eigenvalue weighted by Crippen LogP contribution is -2.40. The first-order chi connectivity index (χ1) is 10.4. The maximum Gasteiger partial charge on any atom is 0.341 e. The third-order valence-electron chi connectivity index (χ3n) is 4.91. The first kappa shape index (κ1) is 13.5. The quantitative estimate of drug-likeness (QED) is 0.777. The highest BCUT2D eigenvalue weighted by Crippen LogP contribution is 2.53. The Morgan fingerprint density at radius 2 is 1.82 bits per heavy atom. The van der Waals surface area contributed by atoms with Crippen molar-refractivity contribution >= 4 is 17.8 Å². The van der Waals surface area contributed by atoms with Crippen LogP contribution in [0.1, 0.15) is 46.9 Å². The van der Waals surface area contributed by atoms with Crippen LogP contribution in [0.5, 0.6) is 0 Å². The monoisotopic (exact) mass is 301 g/mol. The van der Waals surface area contributed by atoms with Crippen molar-refractivity contribution in [2.45, 2.75) is 31.8 Å². The molecule has 0 aromatic heterocycles. The van der Waals surface area contributed by atoms with Gasteiger partial charge in [-0.2, -0.15) is 0 Å². The number of amides is 2. The number of carbonyl (C=O) groups excluding carboxylic acids is 3. The van der Waals surface area contributed by atoms with Gasteiger partial charge in [0.15, 0.2) is 0 Å². The molecule has 0 radical (unpaired) electrons. The van der Waals surface area contributed by atoms with Crippen LogP contribution in [0, 0.1) is 5.41 Å². The van der Waals surface area contributed by atoms with Crippen molar-refractivity contribution in [3.05, 3.63) is 35.4 Å². The normalized spacial score (nSPS) is 32.5. The predicted molar refractivity (Wildman–Crippen MR) is 73.7 cm³/mol. The molecule has 22 heavy (non-hydrogen) atoms. The zero-order chi connectivity index (χ0) is 15.5. The van der Waals surface area contributed by atoms with Gasteiger partial charge in [0, 0.05) is 0 Å². The molecule has 1 saturated heterocycles. The largest absolute Gasteiger partial charge is 0.374 e. The fourth-order valence-electron chi connectivity index (χ4n) is 3.62. The van der Waals surface area contributed by atoms with Gasteiger partial charge in [-0.1, -0.05) is 17.2 Å². The summed E-state index contributed by atoms with van der Waals surface area (Å²) in [5.41, 5.74) is -0.501. The Morgan fingerprint density at radius 1 is 1.18 bits per heavy atom. The summed E-state index contributed by atoms with van der Waals surface area (Å²) in [5, 5.41) is 0.579. The zero-order valence-corrected chi connectivity index (χ0v) is 12.1. The number of carbonyl (C=O) groups is 3. The minimum Gasteiger partial charge on any atom is -0.374 e. The van der Waals surface area contributed by atoms with E-state index in [0.29, 0.717) is 17.9 Å². The van der Waals surface area contributed by atoms with E-state index in [1.165, 1.54) is 0 Å². The van der Waals surface area contributed by atoms with Gasteiger partial charge in [-0.3, -0.25) is 9.59 Å². The summed E-state index contributed by atoms with van der Waals surface area (Å²) in [6, 6.07) is 6.43.